The Morgan fingerprint density at radius 2 is 1.96 bits per heavy atom. The second-order valence-electron chi connectivity index (χ2n) is 4.84. The van der Waals surface area contributed by atoms with Crippen LogP contribution in [0.5, 0.6) is 5.75 Å². The molecule has 0 spiro atoms. The Kier molecular flexibility index (Phi) is 6.57. The van der Waals surface area contributed by atoms with Crippen molar-refractivity contribution in [3.05, 3.63) is 41.8 Å². The van der Waals surface area contributed by atoms with Crippen LogP contribution in [0.1, 0.15) is 19.4 Å². The van der Waals surface area contributed by atoms with E-state index in [9.17, 15) is 4.79 Å². The lowest BCUT2D eigenvalue weighted by atomic mass is 10.1. The topological polar surface area (TPSA) is 66.9 Å². The van der Waals surface area contributed by atoms with Crippen LogP contribution >= 0.6 is 0 Å². The highest BCUT2D eigenvalue weighted by Crippen LogP contribution is 2.21. The predicted octanol–water partition coefficient (Wildman–Crippen LogP) is 3.16. The van der Waals surface area contributed by atoms with E-state index in [0.29, 0.717) is 19.0 Å². The minimum Gasteiger partial charge on any atom is -0.487 e. The van der Waals surface area contributed by atoms with E-state index in [1.54, 1.807) is 26.3 Å². The predicted molar refractivity (Wildman–Crippen MR) is 90.5 cm³/mol. The quantitative estimate of drug-likeness (QED) is 0.320. The van der Waals surface area contributed by atoms with Crippen LogP contribution in [0.25, 0.3) is 17.0 Å². The molecule has 0 atom stereocenters. The fourth-order valence-electron chi connectivity index (χ4n) is 2.09. The summed E-state index contributed by atoms with van der Waals surface area (Å²) in [5, 5.41) is 0.886. The van der Waals surface area contributed by atoms with Crippen LogP contribution in [0, 0.1) is 0 Å². The summed E-state index contributed by atoms with van der Waals surface area (Å²) in [6, 6.07) is 7.46. The minimum atomic E-state index is -0.489. The third-order valence-electron chi connectivity index (χ3n) is 3.09. The molecule has 0 radical (unpaired) electrons. The molecule has 1 aromatic carbocycles. The van der Waals surface area contributed by atoms with Gasteiger partial charge in [-0.25, -0.2) is 4.79 Å². The number of rotatable bonds is 8. The Hall–Kier alpha value is -2.60. The lowest BCUT2D eigenvalue weighted by Crippen LogP contribution is -2.10. The smallest absolute Gasteiger partial charge is 0.373 e. The molecule has 2 rings (SSSR count). The molecule has 0 aliphatic heterocycles. The van der Waals surface area contributed by atoms with Crippen molar-refractivity contribution < 1.29 is 23.7 Å². The van der Waals surface area contributed by atoms with Crippen molar-refractivity contribution in [2.75, 3.05) is 27.1 Å². The normalized spacial score (nSPS) is 11.4. The van der Waals surface area contributed by atoms with Crippen LogP contribution in [-0.2, 0) is 19.0 Å². The van der Waals surface area contributed by atoms with E-state index in [1.807, 2.05) is 31.2 Å². The number of carbonyl (C=O) groups excluding carboxylic acids is 1. The number of nitrogens with zero attached hydrogens (tertiary/aromatic N) is 1. The molecule has 0 fully saturated rings. The van der Waals surface area contributed by atoms with Gasteiger partial charge in [-0.2, -0.15) is 0 Å². The van der Waals surface area contributed by atoms with Crippen LogP contribution in [0.3, 0.4) is 0 Å². The molecule has 0 aliphatic carbocycles. The zero-order chi connectivity index (χ0) is 17.4. The molecular weight excluding hydrogens is 310 g/mol. The molecule has 0 bridgehead atoms. The van der Waals surface area contributed by atoms with Crippen molar-refractivity contribution >= 4 is 22.9 Å². The average Bonchev–Trinajstić information content (AvgIpc) is 2.59. The van der Waals surface area contributed by atoms with E-state index < -0.39 is 5.97 Å². The van der Waals surface area contributed by atoms with Crippen molar-refractivity contribution in [2.45, 2.75) is 13.8 Å². The van der Waals surface area contributed by atoms with Gasteiger partial charge in [-0.05, 0) is 49.8 Å². The van der Waals surface area contributed by atoms with Gasteiger partial charge in [0.1, 0.15) is 5.75 Å². The van der Waals surface area contributed by atoms with Crippen molar-refractivity contribution in [3.8, 4) is 5.75 Å². The number of aromatic nitrogens is 1. The Morgan fingerprint density at radius 1 is 1.17 bits per heavy atom. The largest absolute Gasteiger partial charge is 0.487 e. The fourth-order valence-corrected chi connectivity index (χ4v) is 2.09. The van der Waals surface area contributed by atoms with E-state index in [4.69, 9.17) is 18.9 Å². The number of esters is 1. The number of hydrogen-bond donors (Lipinski definition) is 0. The van der Waals surface area contributed by atoms with Gasteiger partial charge in [-0.1, -0.05) is 0 Å². The highest BCUT2D eigenvalue weighted by molar-refractivity contribution is 5.92. The number of ether oxygens (including phenoxy) is 4. The number of methoxy groups -OCH3 is 1. The summed E-state index contributed by atoms with van der Waals surface area (Å²) >= 11 is 0. The van der Waals surface area contributed by atoms with Gasteiger partial charge in [-0.15, -0.1) is 0 Å². The molecule has 0 aliphatic rings. The molecule has 0 unspecified atom stereocenters. The van der Waals surface area contributed by atoms with E-state index in [0.717, 1.165) is 16.5 Å². The van der Waals surface area contributed by atoms with Crippen LogP contribution in [0.2, 0.25) is 0 Å². The molecular formula is C18H21NO5. The number of carbonyl (C=O) groups is 1. The highest BCUT2D eigenvalue weighted by atomic mass is 16.7. The van der Waals surface area contributed by atoms with E-state index in [1.165, 1.54) is 0 Å². The van der Waals surface area contributed by atoms with E-state index in [-0.39, 0.29) is 12.6 Å². The third kappa shape index (κ3) is 4.70. The lowest BCUT2D eigenvalue weighted by molar-refractivity contribution is -0.142. The first-order valence-electron chi connectivity index (χ1n) is 7.71. The molecule has 2 aromatic rings. The number of benzene rings is 1. The van der Waals surface area contributed by atoms with Gasteiger partial charge in [0.25, 0.3) is 0 Å². The SMILES string of the molecule is CCOC(=O)/C(=C/c1cnc2ccc(OCOC)cc2c1)OCC. The maximum atomic E-state index is 11.9. The summed E-state index contributed by atoms with van der Waals surface area (Å²) in [7, 11) is 1.57. The van der Waals surface area contributed by atoms with Crippen LogP contribution in [0.4, 0.5) is 0 Å². The van der Waals surface area contributed by atoms with Crippen molar-refractivity contribution in [1.29, 1.82) is 0 Å². The summed E-state index contributed by atoms with van der Waals surface area (Å²) in [6.45, 7) is 4.40. The summed E-state index contributed by atoms with van der Waals surface area (Å²) in [5.74, 6) is 0.353. The first-order valence-corrected chi connectivity index (χ1v) is 7.71. The Balaban J connectivity index is 2.32. The first kappa shape index (κ1) is 17.7. The monoisotopic (exact) mass is 331 g/mol. The fraction of sp³-hybridized carbons (Fsp3) is 0.333. The van der Waals surface area contributed by atoms with Gasteiger partial charge in [-0.3, -0.25) is 4.98 Å². The van der Waals surface area contributed by atoms with Crippen molar-refractivity contribution in [1.82, 2.24) is 4.98 Å². The number of fused-ring (bicyclic) bond motifs is 1. The molecule has 0 N–H and O–H groups in total. The van der Waals surface area contributed by atoms with E-state index >= 15 is 0 Å². The Labute approximate surface area is 141 Å². The Morgan fingerprint density at radius 3 is 2.67 bits per heavy atom. The highest BCUT2D eigenvalue weighted by Gasteiger charge is 2.12. The van der Waals surface area contributed by atoms with Crippen molar-refractivity contribution in [3.63, 3.8) is 0 Å². The molecule has 1 aromatic heterocycles. The Bertz CT molecular complexity index is 726. The van der Waals surface area contributed by atoms with Gasteiger partial charge < -0.3 is 18.9 Å². The first-order chi connectivity index (χ1) is 11.7. The molecule has 0 saturated heterocycles. The van der Waals surface area contributed by atoms with Crippen LogP contribution in [-0.4, -0.2) is 38.1 Å². The number of hydrogen-bond acceptors (Lipinski definition) is 6. The summed E-state index contributed by atoms with van der Waals surface area (Å²) < 4.78 is 20.7. The second kappa shape index (κ2) is 8.88. The molecule has 0 amide bonds. The maximum Gasteiger partial charge on any atom is 0.373 e. The number of pyridine rings is 1. The average molecular weight is 331 g/mol. The molecule has 24 heavy (non-hydrogen) atoms. The molecule has 6 nitrogen and oxygen atoms in total. The zero-order valence-electron chi connectivity index (χ0n) is 14.1. The summed E-state index contributed by atoms with van der Waals surface area (Å²) in [5.41, 5.74) is 1.56. The molecule has 0 saturated carbocycles. The zero-order valence-corrected chi connectivity index (χ0v) is 14.1. The van der Waals surface area contributed by atoms with Gasteiger partial charge in [0.2, 0.25) is 5.76 Å². The van der Waals surface area contributed by atoms with Gasteiger partial charge in [0.05, 0.1) is 18.7 Å². The molecule has 1 heterocycles. The molecule has 6 heteroatoms. The summed E-state index contributed by atoms with van der Waals surface area (Å²) in [6.07, 6.45) is 3.30. The van der Waals surface area contributed by atoms with Gasteiger partial charge in [0, 0.05) is 18.7 Å². The van der Waals surface area contributed by atoms with Crippen molar-refractivity contribution in [2.24, 2.45) is 0 Å². The maximum absolute atomic E-state index is 11.9. The standard InChI is InChI=1S/C18H21NO5/c1-4-22-17(18(20)23-5-2)9-13-8-14-10-15(24-12-21-3)6-7-16(14)19-11-13/h6-11H,4-5,12H2,1-3H3/b17-9-. The van der Waals surface area contributed by atoms with Gasteiger partial charge in [0.15, 0.2) is 6.79 Å². The third-order valence-corrected chi connectivity index (χ3v) is 3.09. The summed E-state index contributed by atoms with van der Waals surface area (Å²) in [4.78, 5) is 16.3. The van der Waals surface area contributed by atoms with Crippen LogP contribution in [0.15, 0.2) is 36.2 Å². The van der Waals surface area contributed by atoms with E-state index in [2.05, 4.69) is 4.98 Å². The second-order valence-corrected chi connectivity index (χ2v) is 4.84. The van der Waals surface area contributed by atoms with Gasteiger partial charge >= 0.3 is 5.97 Å². The lowest BCUT2D eigenvalue weighted by Gasteiger charge is -2.08. The minimum absolute atomic E-state index is 0.160. The molecule has 128 valence electrons. The van der Waals surface area contributed by atoms with Crippen LogP contribution < -0.4 is 4.74 Å².